The summed E-state index contributed by atoms with van der Waals surface area (Å²) in [5, 5.41) is 0. The van der Waals surface area contributed by atoms with Crippen molar-refractivity contribution in [2.45, 2.75) is 92.6 Å². The fourth-order valence-electron chi connectivity index (χ4n) is 3.89. The zero-order chi connectivity index (χ0) is 23.0. The van der Waals surface area contributed by atoms with E-state index in [-0.39, 0.29) is 7.69 Å². The molecule has 0 bridgehead atoms. The summed E-state index contributed by atoms with van der Waals surface area (Å²) in [5.74, 6) is 1.65. The summed E-state index contributed by atoms with van der Waals surface area (Å²) < 4.78 is 11.6. The van der Waals surface area contributed by atoms with E-state index in [4.69, 9.17) is 9.31 Å². The number of rotatable bonds is 12. The van der Waals surface area contributed by atoms with Gasteiger partial charge in [-0.05, 0) is 90.8 Å². The lowest BCUT2D eigenvalue weighted by Crippen LogP contribution is -2.36. The second kappa shape index (κ2) is 12.2. The van der Waals surface area contributed by atoms with E-state index in [0.717, 1.165) is 24.6 Å². The number of hydrogen-bond acceptors (Lipinski definition) is 4. The fourth-order valence-corrected chi connectivity index (χ4v) is 3.89. The van der Waals surface area contributed by atoms with Gasteiger partial charge in [-0.3, -0.25) is 9.80 Å². The smallest absolute Gasteiger partial charge is 0.529 e. The summed E-state index contributed by atoms with van der Waals surface area (Å²) in [5.41, 5.74) is 2.59. The summed E-state index contributed by atoms with van der Waals surface area (Å²) in [6.45, 7) is 19.8. The predicted molar refractivity (Wildman–Crippen MR) is 133 cm³/mol. The first kappa shape index (κ1) is 25.3. The molecule has 0 saturated carbocycles. The van der Waals surface area contributed by atoms with Gasteiger partial charge in [0.2, 0.25) is 0 Å². The Hall–Kier alpha value is -1.98. The molecule has 0 aliphatic carbocycles. The Labute approximate surface area is 190 Å². The van der Waals surface area contributed by atoms with Gasteiger partial charge >= 0.3 is 7.69 Å². The molecule has 0 amide bonds. The van der Waals surface area contributed by atoms with E-state index in [2.05, 4.69) is 89.5 Å². The number of nitrogens with zero attached hydrogens (tertiary/aromatic N) is 2. The standard InChI is InChI=1S/C26H41BN2O2/c1-19(2)28(20(3)4)17-23-9-13-25(14-10-23)30-27-31-26-15-11-24(12-16-26)18-29(21(5)6)22(7)8/h9-16,19-22,27H,17-18H2,1-8H3. The molecule has 0 unspecified atom stereocenters. The third-order valence-electron chi connectivity index (χ3n) is 5.68. The molecule has 170 valence electrons. The second-order valence-corrected chi connectivity index (χ2v) is 9.41. The Bertz CT molecular complexity index is 676. The Morgan fingerprint density at radius 2 is 0.839 bits per heavy atom. The van der Waals surface area contributed by atoms with Crippen molar-refractivity contribution in [3.05, 3.63) is 59.7 Å². The maximum absolute atomic E-state index is 5.78. The Morgan fingerprint density at radius 3 is 1.10 bits per heavy atom. The van der Waals surface area contributed by atoms with Crippen molar-refractivity contribution in [3.8, 4) is 11.5 Å². The van der Waals surface area contributed by atoms with Gasteiger partial charge in [0.05, 0.1) is 0 Å². The van der Waals surface area contributed by atoms with Gasteiger partial charge < -0.3 is 9.31 Å². The van der Waals surface area contributed by atoms with E-state index in [1.165, 1.54) is 11.1 Å². The highest BCUT2D eigenvalue weighted by Crippen LogP contribution is 2.18. The molecule has 0 aliphatic heterocycles. The van der Waals surface area contributed by atoms with E-state index in [1.807, 2.05) is 24.3 Å². The lowest BCUT2D eigenvalue weighted by molar-refractivity contribution is 0.166. The van der Waals surface area contributed by atoms with Crippen LogP contribution in [0.25, 0.3) is 0 Å². The van der Waals surface area contributed by atoms with E-state index in [0.29, 0.717) is 24.2 Å². The largest absolute Gasteiger partial charge is 0.576 e. The molecule has 0 atom stereocenters. The molecule has 0 saturated heterocycles. The van der Waals surface area contributed by atoms with Crippen molar-refractivity contribution >= 4 is 7.69 Å². The van der Waals surface area contributed by atoms with Crippen LogP contribution >= 0.6 is 0 Å². The van der Waals surface area contributed by atoms with Gasteiger partial charge in [0.15, 0.2) is 0 Å². The van der Waals surface area contributed by atoms with Gasteiger partial charge in [-0.15, -0.1) is 0 Å². The highest BCUT2D eigenvalue weighted by atomic mass is 16.6. The van der Waals surface area contributed by atoms with Gasteiger partial charge in [0, 0.05) is 37.3 Å². The molecule has 2 aromatic rings. The quantitative estimate of drug-likeness (QED) is 0.411. The maximum Gasteiger partial charge on any atom is 0.576 e. The second-order valence-electron chi connectivity index (χ2n) is 9.41. The third-order valence-corrected chi connectivity index (χ3v) is 5.68. The van der Waals surface area contributed by atoms with Crippen molar-refractivity contribution in [3.63, 3.8) is 0 Å². The summed E-state index contributed by atoms with van der Waals surface area (Å²) in [6.07, 6.45) is 0. The van der Waals surface area contributed by atoms with Crippen LogP contribution in [-0.4, -0.2) is 41.7 Å². The van der Waals surface area contributed by atoms with Crippen molar-refractivity contribution < 1.29 is 9.31 Å². The fraction of sp³-hybridized carbons (Fsp3) is 0.538. The molecule has 2 rings (SSSR count). The summed E-state index contributed by atoms with van der Waals surface area (Å²) in [4.78, 5) is 4.95. The van der Waals surface area contributed by atoms with Gasteiger partial charge in [0.1, 0.15) is 11.5 Å². The maximum atomic E-state index is 5.78. The summed E-state index contributed by atoms with van der Waals surface area (Å²) in [6, 6.07) is 18.7. The zero-order valence-corrected chi connectivity index (χ0v) is 20.8. The van der Waals surface area contributed by atoms with Crippen molar-refractivity contribution in [2.75, 3.05) is 0 Å². The zero-order valence-electron chi connectivity index (χ0n) is 20.8. The minimum Gasteiger partial charge on any atom is -0.529 e. The van der Waals surface area contributed by atoms with Crippen molar-refractivity contribution in [1.82, 2.24) is 9.80 Å². The van der Waals surface area contributed by atoms with E-state index >= 15 is 0 Å². The molecule has 2 aromatic carbocycles. The Morgan fingerprint density at radius 1 is 0.548 bits per heavy atom. The molecule has 0 N–H and O–H groups in total. The molecule has 0 aliphatic rings. The number of benzene rings is 2. The van der Waals surface area contributed by atoms with Gasteiger partial charge in [-0.1, -0.05) is 24.3 Å². The van der Waals surface area contributed by atoms with E-state index < -0.39 is 0 Å². The third kappa shape index (κ3) is 8.23. The van der Waals surface area contributed by atoms with Crippen LogP contribution in [-0.2, 0) is 13.1 Å². The Balaban J connectivity index is 1.82. The molecule has 0 fully saturated rings. The van der Waals surface area contributed by atoms with E-state index in [9.17, 15) is 0 Å². The molecule has 4 nitrogen and oxygen atoms in total. The first-order valence-electron chi connectivity index (χ1n) is 11.6. The van der Waals surface area contributed by atoms with Crippen LogP contribution in [0.2, 0.25) is 0 Å². The molecule has 5 heteroatoms. The van der Waals surface area contributed by atoms with Gasteiger partial charge in [-0.25, -0.2) is 0 Å². The average molecular weight is 424 g/mol. The van der Waals surface area contributed by atoms with Gasteiger partial charge in [-0.2, -0.15) is 0 Å². The van der Waals surface area contributed by atoms with E-state index in [1.54, 1.807) is 0 Å². The molecule has 0 heterocycles. The van der Waals surface area contributed by atoms with Crippen LogP contribution in [0.4, 0.5) is 0 Å². The van der Waals surface area contributed by atoms with Crippen molar-refractivity contribution in [2.24, 2.45) is 0 Å². The molecular formula is C26H41BN2O2. The summed E-state index contributed by atoms with van der Waals surface area (Å²) in [7, 11) is 0.201. The lowest BCUT2D eigenvalue weighted by atomic mass is 10.1. The minimum atomic E-state index is 0.201. The first-order valence-corrected chi connectivity index (χ1v) is 11.6. The molecule has 0 aromatic heterocycles. The Kier molecular flexibility index (Phi) is 9.92. The van der Waals surface area contributed by atoms with Gasteiger partial charge in [0.25, 0.3) is 0 Å². The number of hydrogen-bond donors (Lipinski definition) is 0. The molecule has 0 radical (unpaired) electrons. The van der Waals surface area contributed by atoms with Crippen LogP contribution in [0.5, 0.6) is 11.5 Å². The summed E-state index contributed by atoms with van der Waals surface area (Å²) >= 11 is 0. The van der Waals surface area contributed by atoms with Crippen LogP contribution in [0, 0.1) is 0 Å². The van der Waals surface area contributed by atoms with Crippen LogP contribution in [0.15, 0.2) is 48.5 Å². The first-order chi connectivity index (χ1) is 14.7. The molecule has 31 heavy (non-hydrogen) atoms. The normalized spacial score (nSPS) is 11.9. The highest BCUT2D eigenvalue weighted by Gasteiger charge is 2.14. The highest BCUT2D eigenvalue weighted by molar-refractivity contribution is 6.20. The predicted octanol–water partition coefficient (Wildman–Crippen LogP) is 5.65. The molecular weight excluding hydrogens is 383 g/mol. The van der Waals surface area contributed by atoms with Crippen LogP contribution in [0.3, 0.4) is 0 Å². The SMILES string of the molecule is CC(C)N(Cc1ccc(OBOc2ccc(CN(C(C)C)C(C)C)cc2)cc1)C(C)C. The van der Waals surface area contributed by atoms with Crippen LogP contribution in [0.1, 0.15) is 66.5 Å². The topological polar surface area (TPSA) is 24.9 Å². The lowest BCUT2D eigenvalue weighted by Gasteiger charge is -2.30. The molecule has 0 spiro atoms. The average Bonchev–Trinajstić information content (AvgIpc) is 2.71. The minimum absolute atomic E-state index is 0.201. The monoisotopic (exact) mass is 424 g/mol. The van der Waals surface area contributed by atoms with Crippen LogP contribution < -0.4 is 9.31 Å². The van der Waals surface area contributed by atoms with Crippen molar-refractivity contribution in [1.29, 1.82) is 0 Å².